The second-order valence-electron chi connectivity index (χ2n) is 12.2. The molecule has 0 unspecified atom stereocenters. The zero-order valence-electron chi connectivity index (χ0n) is 25.6. The molecule has 43 heavy (non-hydrogen) atoms. The Kier molecular flexibility index (Phi) is 10.1. The molecule has 0 saturated carbocycles. The molecule has 0 radical (unpaired) electrons. The second kappa shape index (κ2) is 13.8. The van der Waals surface area contributed by atoms with Crippen LogP contribution in [-0.4, -0.2) is 64.5 Å². The molecule has 0 aliphatic carbocycles. The quantitative estimate of drug-likeness (QED) is 0.297. The van der Waals surface area contributed by atoms with Crippen LogP contribution in [0.1, 0.15) is 64.6 Å². The lowest BCUT2D eigenvalue weighted by molar-refractivity contribution is -0.138. The number of rotatable bonds is 9. The number of benzene rings is 2. The van der Waals surface area contributed by atoms with E-state index < -0.39 is 23.8 Å². The molecule has 3 atom stereocenters. The summed E-state index contributed by atoms with van der Waals surface area (Å²) >= 11 is 0. The molecule has 1 saturated heterocycles. The second-order valence-corrected chi connectivity index (χ2v) is 12.2. The first-order valence-corrected chi connectivity index (χ1v) is 14.9. The fraction of sp³-hybridized carbons (Fsp3) is 0.455. The van der Waals surface area contributed by atoms with E-state index in [1.165, 1.54) is 0 Å². The van der Waals surface area contributed by atoms with Crippen LogP contribution in [0.15, 0.2) is 60.8 Å². The molecule has 0 spiro atoms. The van der Waals surface area contributed by atoms with E-state index in [9.17, 15) is 19.2 Å². The maximum Gasteiger partial charge on any atom is 0.408 e. The van der Waals surface area contributed by atoms with Crippen molar-refractivity contribution in [3.05, 3.63) is 71.9 Å². The third-order valence-corrected chi connectivity index (χ3v) is 7.68. The minimum atomic E-state index is -0.838. The maximum atomic E-state index is 13.7. The SMILES string of the molecule is C[C@H](NC(=O)C1CCN(C(=O)[C@H](Cc2c[nH]c3ccccc23)NC(=O)OC(C)(C)C)CC1)C(=O)N[C@@H](C)c1ccccc1. The van der Waals surface area contributed by atoms with Crippen LogP contribution in [0.2, 0.25) is 0 Å². The summed E-state index contributed by atoms with van der Waals surface area (Å²) in [5.74, 6) is -1.01. The van der Waals surface area contributed by atoms with Crippen molar-refractivity contribution in [2.24, 2.45) is 5.92 Å². The summed E-state index contributed by atoms with van der Waals surface area (Å²) in [4.78, 5) is 57.1. The molecule has 4 rings (SSSR count). The van der Waals surface area contributed by atoms with Gasteiger partial charge in [0.15, 0.2) is 0 Å². The van der Waals surface area contributed by atoms with E-state index in [4.69, 9.17) is 4.74 Å². The molecule has 1 aliphatic rings. The van der Waals surface area contributed by atoms with Gasteiger partial charge < -0.3 is 30.6 Å². The van der Waals surface area contributed by atoms with Crippen molar-refractivity contribution < 1.29 is 23.9 Å². The van der Waals surface area contributed by atoms with Gasteiger partial charge in [-0.05, 0) is 64.7 Å². The van der Waals surface area contributed by atoms with Gasteiger partial charge in [-0.1, -0.05) is 48.5 Å². The third kappa shape index (κ3) is 8.59. The van der Waals surface area contributed by atoms with Gasteiger partial charge >= 0.3 is 6.09 Å². The number of alkyl carbamates (subject to hydrolysis) is 1. The van der Waals surface area contributed by atoms with Gasteiger partial charge in [0.25, 0.3) is 0 Å². The Morgan fingerprint density at radius 1 is 0.930 bits per heavy atom. The minimum absolute atomic E-state index is 0.186. The van der Waals surface area contributed by atoms with Crippen LogP contribution in [0.4, 0.5) is 4.79 Å². The van der Waals surface area contributed by atoms with Crippen LogP contribution in [0, 0.1) is 5.92 Å². The fourth-order valence-electron chi connectivity index (χ4n) is 5.31. The lowest BCUT2D eigenvalue weighted by Crippen LogP contribution is -2.54. The van der Waals surface area contributed by atoms with E-state index in [1.54, 1.807) is 32.6 Å². The molecular formula is C33H43N5O5. The molecule has 2 heterocycles. The van der Waals surface area contributed by atoms with Crippen molar-refractivity contribution in [1.82, 2.24) is 25.8 Å². The predicted octanol–water partition coefficient (Wildman–Crippen LogP) is 4.22. The van der Waals surface area contributed by atoms with Crippen molar-refractivity contribution in [3.8, 4) is 0 Å². The number of aromatic amines is 1. The Balaban J connectivity index is 1.34. The van der Waals surface area contributed by atoms with E-state index in [0.717, 1.165) is 22.0 Å². The standard InChI is InChI=1S/C33H43N5O5/c1-21(23-11-7-6-8-12-23)35-29(39)22(2)36-30(40)24-15-17-38(18-16-24)31(41)28(37-32(42)43-33(3,4)5)19-25-20-34-27-14-10-9-13-26(25)27/h6-14,20-22,24,28,34H,15-19H2,1-5H3,(H,35,39)(H,36,40)(H,37,42)/t21-,22-,28-/m0/s1. The molecule has 1 aromatic heterocycles. The number of nitrogens with one attached hydrogen (secondary N) is 4. The van der Waals surface area contributed by atoms with Gasteiger partial charge in [-0.25, -0.2) is 4.79 Å². The summed E-state index contributed by atoms with van der Waals surface area (Å²) in [6.07, 6.45) is 2.40. The number of hydrogen-bond donors (Lipinski definition) is 4. The van der Waals surface area contributed by atoms with E-state index in [2.05, 4.69) is 20.9 Å². The number of carbonyl (C=O) groups excluding carboxylic acids is 4. The average Bonchev–Trinajstić information content (AvgIpc) is 3.38. The number of carbonyl (C=O) groups is 4. The first kappa shape index (κ1) is 31.6. The molecule has 3 aromatic rings. The smallest absolute Gasteiger partial charge is 0.408 e. The van der Waals surface area contributed by atoms with Gasteiger partial charge in [0.2, 0.25) is 17.7 Å². The summed E-state index contributed by atoms with van der Waals surface area (Å²) in [6, 6.07) is 15.7. The molecule has 10 nitrogen and oxygen atoms in total. The highest BCUT2D eigenvalue weighted by molar-refractivity contribution is 5.90. The Labute approximate surface area is 252 Å². The summed E-state index contributed by atoms with van der Waals surface area (Å²) in [7, 11) is 0. The Bertz CT molecular complexity index is 1420. The van der Waals surface area contributed by atoms with Gasteiger partial charge in [0, 0.05) is 42.5 Å². The van der Waals surface area contributed by atoms with E-state index in [0.29, 0.717) is 25.9 Å². The van der Waals surface area contributed by atoms with Crippen LogP contribution >= 0.6 is 0 Å². The average molecular weight is 590 g/mol. The predicted molar refractivity (Wildman–Crippen MR) is 165 cm³/mol. The number of ether oxygens (including phenoxy) is 1. The van der Waals surface area contributed by atoms with E-state index in [1.807, 2.05) is 67.7 Å². The number of nitrogens with zero attached hydrogens (tertiary/aromatic N) is 1. The fourth-order valence-corrected chi connectivity index (χ4v) is 5.31. The van der Waals surface area contributed by atoms with Gasteiger partial charge in [-0.15, -0.1) is 0 Å². The van der Waals surface area contributed by atoms with Crippen LogP contribution in [0.5, 0.6) is 0 Å². The van der Waals surface area contributed by atoms with E-state index >= 15 is 0 Å². The van der Waals surface area contributed by atoms with Crippen LogP contribution in [0.3, 0.4) is 0 Å². The highest BCUT2D eigenvalue weighted by Gasteiger charge is 2.34. The van der Waals surface area contributed by atoms with Crippen molar-refractivity contribution >= 4 is 34.7 Å². The molecule has 1 fully saturated rings. The zero-order valence-corrected chi connectivity index (χ0v) is 25.6. The lowest BCUT2D eigenvalue weighted by atomic mass is 9.94. The van der Waals surface area contributed by atoms with Crippen molar-refractivity contribution in [2.45, 2.75) is 77.6 Å². The Morgan fingerprint density at radius 2 is 1.58 bits per heavy atom. The number of piperidine rings is 1. The van der Waals surface area contributed by atoms with Gasteiger partial charge in [-0.3, -0.25) is 14.4 Å². The van der Waals surface area contributed by atoms with Crippen molar-refractivity contribution in [1.29, 1.82) is 0 Å². The van der Waals surface area contributed by atoms with Crippen LogP contribution < -0.4 is 16.0 Å². The molecule has 1 aliphatic heterocycles. The highest BCUT2D eigenvalue weighted by atomic mass is 16.6. The third-order valence-electron chi connectivity index (χ3n) is 7.68. The van der Waals surface area contributed by atoms with Crippen molar-refractivity contribution in [2.75, 3.05) is 13.1 Å². The van der Waals surface area contributed by atoms with E-state index in [-0.39, 0.29) is 36.1 Å². The van der Waals surface area contributed by atoms with Crippen molar-refractivity contribution in [3.63, 3.8) is 0 Å². The van der Waals surface area contributed by atoms with Gasteiger partial charge in [-0.2, -0.15) is 0 Å². The normalized spacial score (nSPS) is 16.2. The number of H-pyrrole nitrogens is 1. The number of likely N-dealkylation sites (tertiary alicyclic amines) is 1. The Hall–Kier alpha value is -4.34. The van der Waals surface area contributed by atoms with Gasteiger partial charge in [0.05, 0.1) is 6.04 Å². The molecular weight excluding hydrogens is 546 g/mol. The number of amides is 4. The monoisotopic (exact) mass is 589 g/mol. The minimum Gasteiger partial charge on any atom is -0.444 e. The number of aromatic nitrogens is 1. The number of hydrogen-bond acceptors (Lipinski definition) is 5. The summed E-state index contributed by atoms with van der Waals surface area (Å²) in [5, 5.41) is 9.55. The molecule has 2 aromatic carbocycles. The van der Waals surface area contributed by atoms with Gasteiger partial charge in [0.1, 0.15) is 17.7 Å². The molecule has 230 valence electrons. The van der Waals surface area contributed by atoms with Crippen LogP contribution in [-0.2, 0) is 25.5 Å². The maximum absolute atomic E-state index is 13.7. The molecule has 10 heteroatoms. The molecule has 4 amide bonds. The highest BCUT2D eigenvalue weighted by Crippen LogP contribution is 2.23. The first-order chi connectivity index (χ1) is 20.4. The number of fused-ring (bicyclic) bond motifs is 1. The first-order valence-electron chi connectivity index (χ1n) is 14.9. The summed E-state index contributed by atoms with van der Waals surface area (Å²) < 4.78 is 5.45. The zero-order chi connectivity index (χ0) is 31.1. The Morgan fingerprint density at radius 3 is 2.26 bits per heavy atom. The number of para-hydroxylation sites is 1. The molecule has 4 N–H and O–H groups in total. The summed E-state index contributed by atoms with van der Waals surface area (Å²) in [5.41, 5.74) is 2.13. The van der Waals surface area contributed by atoms with Crippen LogP contribution in [0.25, 0.3) is 10.9 Å². The molecule has 0 bridgehead atoms. The topological polar surface area (TPSA) is 133 Å². The largest absolute Gasteiger partial charge is 0.444 e. The summed E-state index contributed by atoms with van der Waals surface area (Å²) in [6.45, 7) is 9.61. The lowest BCUT2D eigenvalue weighted by Gasteiger charge is -2.34.